The highest BCUT2D eigenvalue weighted by Gasteiger charge is 2.16. The minimum atomic E-state index is -0.0506. The lowest BCUT2D eigenvalue weighted by atomic mass is 10.1. The molecule has 0 spiro atoms. The van der Waals surface area contributed by atoms with Gasteiger partial charge in [-0.25, -0.2) is 9.78 Å². The zero-order chi connectivity index (χ0) is 11.4. The molecule has 0 aliphatic carbocycles. The van der Waals surface area contributed by atoms with E-state index in [4.69, 9.17) is 0 Å². The Hall–Kier alpha value is -1.10. The molecule has 2 rings (SSSR count). The van der Waals surface area contributed by atoms with E-state index in [9.17, 15) is 4.79 Å². The van der Waals surface area contributed by atoms with Gasteiger partial charge in [0.05, 0.1) is 0 Å². The number of halogens is 1. The predicted octanol–water partition coefficient (Wildman–Crippen LogP) is 2.86. The summed E-state index contributed by atoms with van der Waals surface area (Å²) in [5, 5.41) is 2.80. The normalized spacial score (nSPS) is 15.9. The monoisotopic (exact) mass is 283 g/mol. The molecular formula is C11H14BrN3O. The lowest BCUT2D eigenvalue weighted by molar-refractivity contribution is 0.200. The Morgan fingerprint density at radius 3 is 2.75 bits per heavy atom. The Labute approximate surface area is 103 Å². The molecule has 1 aromatic rings. The Kier molecular flexibility index (Phi) is 3.77. The Morgan fingerprint density at radius 2 is 2.06 bits per heavy atom. The van der Waals surface area contributed by atoms with Crippen molar-refractivity contribution in [2.45, 2.75) is 19.3 Å². The number of aromatic nitrogens is 1. The van der Waals surface area contributed by atoms with Crippen LogP contribution in [0.2, 0.25) is 0 Å². The number of nitrogens with one attached hydrogen (secondary N) is 1. The van der Waals surface area contributed by atoms with Gasteiger partial charge >= 0.3 is 6.03 Å². The molecule has 2 amide bonds. The van der Waals surface area contributed by atoms with E-state index in [1.807, 2.05) is 17.0 Å². The fourth-order valence-corrected chi connectivity index (χ4v) is 2.11. The second kappa shape index (κ2) is 5.30. The number of hydrogen-bond donors (Lipinski definition) is 1. The number of urea groups is 1. The number of anilines is 1. The number of piperidine rings is 1. The topological polar surface area (TPSA) is 45.2 Å². The number of amides is 2. The highest BCUT2D eigenvalue weighted by Crippen LogP contribution is 2.13. The van der Waals surface area contributed by atoms with E-state index in [-0.39, 0.29) is 6.03 Å². The third-order valence-electron chi connectivity index (χ3n) is 2.59. The molecule has 4 nitrogen and oxygen atoms in total. The van der Waals surface area contributed by atoms with E-state index in [1.54, 1.807) is 6.07 Å². The van der Waals surface area contributed by atoms with Crippen molar-refractivity contribution in [3.63, 3.8) is 0 Å². The van der Waals surface area contributed by atoms with E-state index < -0.39 is 0 Å². The van der Waals surface area contributed by atoms with Gasteiger partial charge in [-0.3, -0.25) is 5.32 Å². The highest BCUT2D eigenvalue weighted by molar-refractivity contribution is 9.10. The van der Waals surface area contributed by atoms with Crippen LogP contribution in [0, 0.1) is 0 Å². The molecule has 0 atom stereocenters. The summed E-state index contributed by atoms with van der Waals surface area (Å²) in [6, 6.07) is 5.41. The van der Waals surface area contributed by atoms with Crippen LogP contribution in [0.3, 0.4) is 0 Å². The summed E-state index contributed by atoms with van der Waals surface area (Å²) >= 11 is 3.27. The van der Waals surface area contributed by atoms with E-state index in [0.29, 0.717) is 5.82 Å². The van der Waals surface area contributed by atoms with Crippen LogP contribution in [0.15, 0.2) is 22.8 Å². The third-order valence-corrected chi connectivity index (χ3v) is 3.04. The largest absolute Gasteiger partial charge is 0.325 e. The Balaban J connectivity index is 1.96. The zero-order valence-electron chi connectivity index (χ0n) is 8.95. The second-order valence-corrected chi connectivity index (χ2v) is 4.64. The van der Waals surface area contributed by atoms with Gasteiger partial charge in [-0.15, -0.1) is 0 Å². The molecule has 1 aliphatic heterocycles. The summed E-state index contributed by atoms with van der Waals surface area (Å²) < 4.78 is 0.726. The molecule has 0 radical (unpaired) electrons. The fraction of sp³-hybridized carbons (Fsp3) is 0.455. The smallest absolute Gasteiger partial charge is 0.323 e. The SMILES string of the molecule is O=C(Nc1cccc(Br)n1)N1CCCCC1. The first kappa shape index (κ1) is 11.4. The van der Waals surface area contributed by atoms with Crippen LogP contribution < -0.4 is 5.32 Å². The fourth-order valence-electron chi connectivity index (χ4n) is 1.76. The van der Waals surface area contributed by atoms with Crippen molar-refractivity contribution in [1.82, 2.24) is 9.88 Å². The minimum Gasteiger partial charge on any atom is -0.325 e. The maximum atomic E-state index is 11.8. The van der Waals surface area contributed by atoms with Gasteiger partial charge in [-0.05, 0) is 47.3 Å². The summed E-state index contributed by atoms with van der Waals surface area (Å²) in [7, 11) is 0. The first-order valence-corrected chi connectivity index (χ1v) is 6.23. The summed E-state index contributed by atoms with van der Waals surface area (Å²) in [5.41, 5.74) is 0. The zero-order valence-corrected chi connectivity index (χ0v) is 10.5. The van der Waals surface area contributed by atoms with Crippen molar-refractivity contribution in [1.29, 1.82) is 0 Å². The first-order chi connectivity index (χ1) is 7.75. The molecule has 2 heterocycles. The highest BCUT2D eigenvalue weighted by atomic mass is 79.9. The Morgan fingerprint density at radius 1 is 1.31 bits per heavy atom. The van der Waals surface area contributed by atoms with Gasteiger partial charge in [0.2, 0.25) is 0 Å². The average molecular weight is 284 g/mol. The third kappa shape index (κ3) is 2.95. The molecule has 1 saturated heterocycles. The maximum absolute atomic E-state index is 11.8. The van der Waals surface area contributed by atoms with Crippen LogP contribution in [0.5, 0.6) is 0 Å². The summed E-state index contributed by atoms with van der Waals surface area (Å²) in [4.78, 5) is 17.8. The van der Waals surface area contributed by atoms with Crippen molar-refractivity contribution in [3.05, 3.63) is 22.8 Å². The van der Waals surface area contributed by atoms with Crippen LogP contribution in [0.25, 0.3) is 0 Å². The molecule has 1 aromatic heterocycles. The van der Waals surface area contributed by atoms with Gasteiger partial charge in [0.1, 0.15) is 10.4 Å². The number of carbonyl (C=O) groups is 1. The number of likely N-dealkylation sites (tertiary alicyclic amines) is 1. The number of pyridine rings is 1. The molecule has 0 saturated carbocycles. The van der Waals surface area contributed by atoms with Gasteiger partial charge in [-0.2, -0.15) is 0 Å². The molecule has 1 N–H and O–H groups in total. The Bertz CT molecular complexity index is 377. The van der Waals surface area contributed by atoms with Crippen molar-refractivity contribution in [2.24, 2.45) is 0 Å². The first-order valence-electron chi connectivity index (χ1n) is 5.44. The van der Waals surface area contributed by atoms with Gasteiger partial charge in [-0.1, -0.05) is 6.07 Å². The van der Waals surface area contributed by atoms with Gasteiger partial charge in [0.15, 0.2) is 0 Å². The maximum Gasteiger partial charge on any atom is 0.323 e. The molecule has 1 fully saturated rings. The van der Waals surface area contributed by atoms with Crippen molar-refractivity contribution in [3.8, 4) is 0 Å². The molecule has 16 heavy (non-hydrogen) atoms. The average Bonchev–Trinajstić information content (AvgIpc) is 2.30. The van der Waals surface area contributed by atoms with E-state index in [0.717, 1.165) is 30.5 Å². The van der Waals surface area contributed by atoms with E-state index >= 15 is 0 Å². The molecule has 0 bridgehead atoms. The molecular weight excluding hydrogens is 270 g/mol. The van der Waals surface area contributed by atoms with E-state index in [2.05, 4.69) is 26.2 Å². The van der Waals surface area contributed by atoms with Gasteiger partial charge < -0.3 is 4.90 Å². The van der Waals surface area contributed by atoms with Crippen LogP contribution in [0.1, 0.15) is 19.3 Å². The number of hydrogen-bond acceptors (Lipinski definition) is 2. The molecule has 0 aromatic carbocycles. The van der Waals surface area contributed by atoms with Crippen molar-refractivity contribution < 1.29 is 4.79 Å². The summed E-state index contributed by atoms with van der Waals surface area (Å²) in [6.45, 7) is 1.69. The second-order valence-electron chi connectivity index (χ2n) is 3.82. The van der Waals surface area contributed by atoms with Crippen LogP contribution in [-0.2, 0) is 0 Å². The van der Waals surface area contributed by atoms with Crippen LogP contribution >= 0.6 is 15.9 Å². The number of rotatable bonds is 1. The van der Waals surface area contributed by atoms with Crippen molar-refractivity contribution >= 4 is 27.8 Å². The van der Waals surface area contributed by atoms with Gasteiger partial charge in [0, 0.05) is 13.1 Å². The molecule has 1 aliphatic rings. The standard InChI is InChI=1S/C11H14BrN3O/c12-9-5-4-6-10(13-9)14-11(16)15-7-2-1-3-8-15/h4-6H,1-3,7-8H2,(H,13,14,16). The van der Waals surface area contributed by atoms with Crippen LogP contribution in [0.4, 0.5) is 10.6 Å². The number of carbonyl (C=O) groups excluding carboxylic acids is 1. The lowest BCUT2D eigenvalue weighted by Crippen LogP contribution is -2.38. The van der Waals surface area contributed by atoms with Crippen LogP contribution in [-0.4, -0.2) is 29.0 Å². The predicted molar refractivity (Wildman–Crippen MR) is 66.4 cm³/mol. The summed E-state index contributed by atoms with van der Waals surface area (Å²) in [6.07, 6.45) is 3.41. The summed E-state index contributed by atoms with van der Waals surface area (Å²) in [5.74, 6) is 0.588. The number of nitrogens with zero attached hydrogens (tertiary/aromatic N) is 2. The van der Waals surface area contributed by atoms with Crippen molar-refractivity contribution in [2.75, 3.05) is 18.4 Å². The molecule has 0 unspecified atom stereocenters. The lowest BCUT2D eigenvalue weighted by Gasteiger charge is -2.26. The quantitative estimate of drug-likeness (QED) is 0.806. The minimum absolute atomic E-state index is 0.0506. The van der Waals surface area contributed by atoms with E-state index in [1.165, 1.54) is 6.42 Å². The molecule has 5 heteroatoms. The molecule has 86 valence electrons. The van der Waals surface area contributed by atoms with Gasteiger partial charge in [0.25, 0.3) is 0 Å².